The number of allylic oxidation sites excluding steroid dienone is 3. The lowest BCUT2D eigenvalue weighted by Crippen LogP contribution is -2.42. The molecule has 7 heteroatoms. The molecule has 1 amide bonds. The largest absolute Gasteiger partial charge is 0.499 e. The number of aliphatic hydroxyl groups is 1. The van der Waals surface area contributed by atoms with Crippen LogP contribution in [0, 0.1) is 11.3 Å². The Morgan fingerprint density at radius 1 is 1.17 bits per heavy atom. The SMILES string of the molecule is N#C/C(O)=C/C=C/CN1C(=O)C2(COc3cc4c(cc32)OCO4)c2ccccc21. The van der Waals surface area contributed by atoms with E-state index in [1.54, 1.807) is 29.2 Å². The molecule has 0 saturated carbocycles. The summed E-state index contributed by atoms with van der Waals surface area (Å²) in [5, 5.41) is 17.9. The van der Waals surface area contributed by atoms with Gasteiger partial charge in [-0.3, -0.25) is 4.79 Å². The number of rotatable bonds is 3. The monoisotopic (exact) mass is 388 g/mol. The van der Waals surface area contributed by atoms with Crippen LogP contribution in [0.1, 0.15) is 11.1 Å². The molecule has 3 heterocycles. The maximum atomic E-state index is 13.7. The number of anilines is 1. The number of carbonyl (C=O) groups excluding carboxylic acids is 1. The highest BCUT2D eigenvalue weighted by atomic mass is 16.7. The molecule has 2 aromatic carbocycles. The van der Waals surface area contributed by atoms with Crippen LogP contribution in [0.4, 0.5) is 5.69 Å². The molecule has 7 nitrogen and oxygen atoms in total. The third kappa shape index (κ3) is 2.39. The molecular formula is C22H16N2O5. The third-order valence-corrected chi connectivity index (χ3v) is 5.44. The van der Waals surface area contributed by atoms with E-state index < -0.39 is 5.41 Å². The highest BCUT2D eigenvalue weighted by Gasteiger charge is 2.57. The fraction of sp³-hybridized carbons (Fsp3) is 0.182. The van der Waals surface area contributed by atoms with Gasteiger partial charge >= 0.3 is 0 Å². The first-order chi connectivity index (χ1) is 14.1. The van der Waals surface area contributed by atoms with Crippen LogP contribution in [0.3, 0.4) is 0 Å². The van der Waals surface area contributed by atoms with Crippen LogP contribution >= 0.6 is 0 Å². The normalized spacial score (nSPS) is 21.4. The topological polar surface area (TPSA) is 92.0 Å². The molecule has 3 aliphatic rings. The van der Waals surface area contributed by atoms with E-state index in [-0.39, 0.29) is 25.1 Å². The van der Waals surface area contributed by atoms with Crippen molar-refractivity contribution in [3.05, 3.63) is 71.5 Å². The number of amides is 1. The molecule has 0 radical (unpaired) electrons. The highest BCUT2D eigenvalue weighted by molar-refractivity contribution is 6.11. The van der Waals surface area contributed by atoms with Gasteiger partial charge in [0, 0.05) is 23.9 Å². The van der Waals surface area contributed by atoms with E-state index in [1.807, 2.05) is 30.3 Å². The number of aliphatic hydroxyl groups excluding tert-OH is 1. The standard InChI is InChI=1S/C22H16N2O5/c23-11-14(25)5-3-4-8-24-17-7-2-1-6-15(17)22(21(24)26)12-27-18-10-20-19(9-16(18)22)28-13-29-20/h1-7,9-10,25H,8,12-13H2/b4-3+,14-5-. The highest BCUT2D eigenvalue weighted by Crippen LogP contribution is 2.54. The zero-order valence-electron chi connectivity index (χ0n) is 15.3. The lowest BCUT2D eigenvalue weighted by Gasteiger charge is -2.22. The average Bonchev–Trinajstić information content (AvgIpc) is 3.41. The van der Waals surface area contributed by atoms with Crippen LogP contribution in [0.2, 0.25) is 0 Å². The predicted octanol–water partition coefficient (Wildman–Crippen LogP) is 2.96. The Bertz CT molecular complexity index is 1130. The van der Waals surface area contributed by atoms with Crippen molar-refractivity contribution in [3.8, 4) is 23.3 Å². The van der Waals surface area contributed by atoms with Crippen LogP contribution < -0.4 is 19.1 Å². The Labute approximate surface area is 166 Å². The molecule has 0 bridgehead atoms. The second-order valence-electron chi connectivity index (χ2n) is 6.92. The van der Waals surface area contributed by atoms with E-state index in [0.29, 0.717) is 23.8 Å². The molecule has 1 atom stereocenters. The van der Waals surface area contributed by atoms with Crippen LogP contribution in [0.25, 0.3) is 0 Å². The van der Waals surface area contributed by atoms with Crippen LogP contribution in [0.5, 0.6) is 17.2 Å². The molecule has 1 spiro atoms. The van der Waals surface area contributed by atoms with Crippen molar-refractivity contribution in [3.63, 3.8) is 0 Å². The maximum Gasteiger partial charge on any atom is 0.246 e. The second kappa shape index (κ2) is 6.31. The minimum atomic E-state index is -0.939. The number of fused-ring (bicyclic) bond motifs is 5. The Balaban J connectivity index is 1.57. The molecular weight excluding hydrogens is 372 g/mol. The van der Waals surface area contributed by atoms with Crippen molar-refractivity contribution < 1.29 is 24.1 Å². The summed E-state index contributed by atoms with van der Waals surface area (Å²) in [4.78, 5) is 15.3. The quantitative estimate of drug-likeness (QED) is 0.376. The number of benzene rings is 2. The Morgan fingerprint density at radius 2 is 1.97 bits per heavy atom. The lowest BCUT2D eigenvalue weighted by atomic mass is 9.77. The summed E-state index contributed by atoms with van der Waals surface area (Å²) in [7, 11) is 0. The number of nitrogens with zero attached hydrogens (tertiary/aromatic N) is 2. The molecule has 0 saturated heterocycles. The smallest absolute Gasteiger partial charge is 0.246 e. The molecule has 0 fully saturated rings. The fourth-order valence-corrected chi connectivity index (χ4v) is 4.11. The first-order valence-corrected chi connectivity index (χ1v) is 9.09. The lowest BCUT2D eigenvalue weighted by molar-refractivity contribution is -0.122. The van der Waals surface area contributed by atoms with E-state index in [9.17, 15) is 9.90 Å². The number of nitriles is 1. The van der Waals surface area contributed by atoms with E-state index in [2.05, 4.69) is 0 Å². The van der Waals surface area contributed by atoms with E-state index >= 15 is 0 Å². The van der Waals surface area contributed by atoms with Gasteiger partial charge in [-0.05, 0) is 23.8 Å². The first-order valence-electron chi connectivity index (χ1n) is 9.09. The molecule has 1 N–H and O–H groups in total. The predicted molar refractivity (Wildman–Crippen MR) is 103 cm³/mol. The molecule has 3 aliphatic heterocycles. The van der Waals surface area contributed by atoms with Gasteiger partial charge in [0.05, 0.1) is 0 Å². The van der Waals surface area contributed by atoms with Crippen molar-refractivity contribution in [2.45, 2.75) is 5.41 Å². The molecule has 5 rings (SSSR count). The minimum absolute atomic E-state index is 0.0885. The number of para-hydroxylation sites is 1. The van der Waals surface area contributed by atoms with Crippen molar-refractivity contribution in [1.29, 1.82) is 5.26 Å². The second-order valence-corrected chi connectivity index (χ2v) is 6.92. The molecule has 29 heavy (non-hydrogen) atoms. The molecule has 0 aromatic heterocycles. The summed E-state index contributed by atoms with van der Waals surface area (Å²) in [5.74, 6) is 1.36. The number of carbonyl (C=O) groups is 1. The Kier molecular flexibility index (Phi) is 3.74. The van der Waals surface area contributed by atoms with Gasteiger partial charge in [0.1, 0.15) is 23.8 Å². The average molecular weight is 388 g/mol. The van der Waals surface area contributed by atoms with Crippen molar-refractivity contribution in [2.24, 2.45) is 0 Å². The van der Waals surface area contributed by atoms with Gasteiger partial charge < -0.3 is 24.2 Å². The summed E-state index contributed by atoms with van der Waals surface area (Å²) in [6.07, 6.45) is 4.56. The first kappa shape index (κ1) is 17.2. The maximum absolute atomic E-state index is 13.7. The van der Waals surface area contributed by atoms with Crippen molar-refractivity contribution in [1.82, 2.24) is 0 Å². The van der Waals surface area contributed by atoms with Gasteiger partial charge in [0.15, 0.2) is 17.3 Å². The summed E-state index contributed by atoms with van der Waals surface area (Å²) in [6, 6.07) is 12.9. The molecule has 144 valence electrons. The third-order valence-electron chi connectivity index (χ3n) is 5.44. The Morgan fingerprint density at radius 3 is 2.79 bits per heavy atom. The van der Waals surface area contributed by atoms with Crippen LogP contribution in [-0.4, -0.2) is 31.0 Å². The summed E-state index contributed by atoms with van der Waals surface area (Å²) in [6.45, 7) is 0.652. The van der Waals surface area contributed by atoms with Gasteiger partial charge in [-0.15, -0.1) is 0 Å². The van der Waals surface area contributed by atoms with Crippen LogP contribution in [0.15, 0.2) is 60.4 Å². The van der Waals surface area contributed by atoms with Gasteiger partial charge in [-0.1, -0.05) is 30.4 Å². The van der Waals surface area contributed by atoms with E-state index in [0.717, 1.165) is 16.8 Å². The van der Waals surface area contributed by atoms with E-state index in [1.165, 1.54) is 6.08 Å². The molecule has 0 aliphatic carbocycles. The molecule has 1 unspecified atom stereocenters. The number of hydrogen-bond acceptors (Lipinski definition) is 6. The molecule has 2 aromatic rings. The number of hydrogen-bond donors (Lipinski definition) is 1. The zero-order chi connectivity index (χ0) is 20.0. The number of ether oxygens (including phenoxy) is 3. The van der Waals surface area contributed by atoms with Crippen molar-refractivity contribution >= 4 is 11.6 Å². The van der Waals surface area contributed by atoms with Crippen LogP contribution in [-0.2, 0) is 10.2 Å². The summed E-state index contributed by atoms with van der Waals surface area (Å²) >= 11 is 0. The van der Waals surface area contributed by atoms with Gasteiger partial charge in [-0.2, -0.15) is 5.26 Å². The summed E-state index contributed by atoms with van der Waals surface area (Å²) in [5.41, 5.74) is 1.52. The Hall–Kier alpha value is -3.92. The van der Waals surface area contributed by atoms with Gasteiger partial charge in [0.2, 0.25) is 12.7 Å². The van der Waals surface area contributed by atoms with E-state index in [4.69, 9.17) is 19.5 Å². The van der Waals surface area contributed by atoms with Crippen molar-refractivity contribution in [2.75, 3.05) is 24.8 Å². The fourth-order valence-electron chi connectivity index (χ4n) is 4.11. The van der Waals surface area contributed by atoms with Gasteiger partial charge in [-0.25, -0.2) is 0 Å². The minimum Gasteiger partial charge on any atom is -0.499 e. The zero-order valence-corrected chi connectivity index (χ0v) is 15.3. The van der Waals surface area contributed by atoms with Gasteiger partial charge in [0.25, 0.3) is 0 Å². The summed E-state index contributed by atoms with van der Waals surface area (Å²) < 4.78 is 16.9.